The molecule has 3 rings (SSSR count). The molecule has 1 aromatic heterocycles. The maximum Gasteiger partial charge on any atom is 0.229 e. The SMILES string of the molecule is Nc1ccc(NC(=O)C2CCCOC2)c2cccnc12. The number of pyridine rings is 1. The van der Waals surface area contributed by atoms with Crippen LogP contribution in [0.25, 0.3) is 10.9 Å². The van der Waals surface area contributed by atoms with Crippen molar-refractivity contribution in [3.05, 3.63) is 30.5 Å². The van der Waals surface area contributed by atoms with Gasteiger partial charge in [-0.15, -0.1) is 0 Å². The number of nitrogens with two attached hydrogens (primary N) is 1. The third-order valence-corrected chi connectivity index (χ3v) is 3.59. The predicted molar refractivity (Wildman–Crippen MR) is 78.3 cm³/mol. The van der Waals surface area contributed by atoms with Crippen LogP contribution in [0.1, 0.15) is 12.8 Å². The van der Waals surface area contributed by atoms with Crippen LogP contribution in [-0.4, -0.2) is 24.1 Å². The minimum atomic E-state index is -0.0759. The smallest absolute Gasteiger partial charge is 0.229 e. The summed E-state index contributed by atoms with van der Waals surface area (Å²) < 4.78 is 5.35. The average molecular weight is 271 g/mol. The van der Waals surface area contributed by atoms with Gasteiger partial charge in [-0.25, -0.2) is 0 Å². The molecule has 0 saturated carbocycles. The second-order valence-corrected chi connectivity index (χ2v) is 5.01. The number of fused-ring (bicyclic) bond motifs is 1. The molecule has 0 bridgehead atoms. The number of carbonyl (C=O) groups excluding carboxylic acids is 1. The van der Waals surface area contributed by atoms with Gasteiger partial charge in [-0.3, -0.25) is 9.78 Å². The molecule has 1 amide bonds. The lowest BCUT2D eigenvalue weighted by atomic mass is 10.0. The Morgan fingerprint density at radius 1 is 1.40 bits per heavy atom. The molecular weight excluding hydrogens is 254 g/mol. The lowest BCUT2D eigenvalue weighted by Crippen LogP contribution is -2.30. The van der Waals surface area contributed by atoms with Gasteiger partial charge < -0.3 is 15.8 Å². The minimum Gasteiger partial charge on any atom is -0.397 e. The van der Waals surface area contributed by atoms with Gasteiger partial charge in [0.05, 0.1) is 29.4 Å². The van der Waals surface area contributed by atoms with Gasteiger partial charge >= 0.3 is 0 Å². The topological polar surface area (TPSA) is 77.2 Å². The fraction of sp³-hybridized carbons (Fsp3) is 0.333. The highest BCUT2D eigenvalue weighted by molar-refractivity contribution is 6.04. The summed E-state index contributed by atoms with van der Waals surface area (Å²) in [6.07, 6.45) is 3.50. The number of rotatable bonds is 2. The Labute approximate surface area is 117 Å². The Morgan fingerprint density at radius 3 is 3.10 bits per heavy atom. The number of benzene rings is 1. The molecular formula is C15H17N3O2. The number of nitrogen functional groups attached to an aromatic ring is 1. The summed E-state index contributed by atoms with van der Waals surface area (Å²) >= 11 is 0. The molecule has 1 unspecified atom stereocenters. The number of hydrogen-bond donors (Lipinski definition) is 2. The van der Waals surface area contributed by atoms with Crippen molar-refractivity contribution in [3.8, 4) is 0 Å². The largest absolute Gasteiger partial charge is 0.397 e. The number of anilines is 2. The van der Waals surface area contributed by atoms with Crippen molar-refractivity contribution in [2.45, 2.75) is 12.8 Å². The van der Waals surface area contributed by atoms with E-state index < -0.39 is 0 Å². The van der Waals surface area contributed by atoms with E-state index in [4.69, 9.17) is 10.5 Å². The summed E-state index contributed by atoms with van der Waals surface area (Å²) in [5, 5.41) is 3.83. The number of nitrogens with zero attached hydrogens (tertiary/aromatic N) is 1. The maximum atomic E-state index is 12.3. The van der Waals surface area contributed by atoms with Crippen LogP contribution in [0.2, 0.25) is 0 Å². The molecule has 20 heavy (non-hydrogen) atoms. The molecule has 2 aromatic rings. The highest BCUT2D eigenvalue weighted by Gasteiger charge is 2.22. The average Bonchev–Trinajstić information content (AvgIpc) is 2.51. The normalized spacial score (nSPS) is 18.9. The minimum absolute atomic E-state index is 0.000348. The van der Waals surface area contributed by atoms with E-state index in [9.17, 15) is 4.79 Å². The standard InChI is InChI=1S/C15H17N3O2/c16-12-5-6-13(11-4-1-7-17-14(11)12)18-15(19)10-3-2-8-20-9-10/h1,4-7,10H,2-3,8-9,16H2,(H,18,19). The van der Waals surface area contributed by atoms with Gasteiger partial charge in [0.1, 0.15) is 0 Å². The van der Waals surface area contributed by atoms with Gasteiger partial charge in [-0.2, -0.15) is 0 Å². The fourth-order valence-corrected chi connectivity index (χ4v) is 2.49. The van der Waals surface area contributed by atoms with Crippen LogP contribution < -0.4 is 11.1 Å². The molecule has 1 aliphatic rings. The molecule has 1 aromatic carbocycles. The Balaban J connectivity index is 1.87. The summed E-state index contributed by atoms with van der Waals surface area (Å²) in [6.45, 7) is 1.25. The number of carbonyl (C=O) groups is 1. The van der Waals surface area contributed by atoms with Gasteiger partial charge in [0, 0.05) is 18.2 Å². The first-order chi connectivity index (χ1) is 9.75. The Kier molecular flexibility index (Phi) is 3.52. The van der Waals surface area contributed by atoms with Crippen molar-refractivity contribution in [3.63, 3.8) is 0 Å². The zero-order chi connectivity index (χ0) is 13.9. The summed E-state index contributed by atoms with van der Waals surface area (Å²) in [5.74, 6) is -0.0763. The van der Waals surface area contributed by atoms with Crippen LogP contribution in [0.4, 0.5) is 11.4 Å². The van der Waals surface area contributed by atoms with Crippen molar-refractivity contribution < 1.29 is 9.53 Å². The first kappa shape index (κ1) is 12.9. The molecule has 5 nitrogen and oxygen atoms in total. The molecule has 1 atom stereocenters. The molecule has 0 radical (unpaired) electrons. The number of aromatic nitrogens is 1. The molecule has 3 N–H and O–H groups in total. The summed E-state index contributed by atoms with van der Waals surface area (Å²) in [6, 6.07) is 7.33. The lowest BCUT2D eigenvalue weighted by Gasteiger charge is -2.21. The maximum absolute atomic E-state index is 12.3. The third-order valence-electron chi connectivity index (χ3n) is 3.59. The molecule has 1 fully saturated rings. The monoisotopic (exact) mass is 271 g/mol. The quantitative estimate of drug-likeness (QED) is 0.821. The van der Waals surface area contributed by atoms with Crippen LogP contribution >= 0.6 is 0 Å². The van der Waals surface area contributed by atoms with Gasteiger partial charge in [-0.1, -0.05) is 0 Å². The summed E-state index contributed by atoms with van der Waals surface area (Å²) in [7, 11) is 0. The van der Waals surface area contributed by atoms with E-state index in [-0.39, 0.29) is 11.8 Å². The number of ether oxygens (including phenoxy) is 1. The van der Waals surface area contributed by atoms with Gasteiger partial charge in [0.2, 0.25) is 5.91 Å². The highest BCUT2D eigenvalue weighted by Crippen LogP contribution is 2.27. The molecule has 0 aliphatic carbocycles. The second-order valence-electron chi connectivity index (χ2n) is 5.01. The molecule has 104 valence electrons. The van der Waals surface area contributed by atoms with Gasteiger partial charge in [-0.05, 0) is 37.1 Å². The van der Waals surface area contributed by atoms with E-state index in [0.29, 0.717) is 17.8 Å². The van der Waals surface area contributed by atoms with E-state index in [2.05, 4.69) is 10.3 Å². The van der Waals surface area contributed by atoms with Crippen molar-refractivity contribution in [1.82, 2.24) is 4.98 Å². The van der Waals surface area contributed by atoms with Crippen molar-refractivity contribution in [1.29, 1.82) is 0 Å². The number of nitrogens with one attached hydrogen (secondary N) is 1. The van der Waals surface area contributed by atoms with Crippen molar-refractivity contribution in [2.24, 2.45) is 5.92 Å². The Hall–Kier alpha value is -2.14. The first-order valence-corrected chi connectivity index (χ1v) is 6.77. The van der Waals surface area contributed by atoms with Crippen LogP contribution in [0.15, 0.2) is 30.5 Å². The summed E-state index contributed by atoms with van der Waals surface area (Å²) in [5.41, 5.74) is 7.98. The second kappa shape index (κ2) is 5.46. The number of amides is 1. The van der Waals surface area contributed by atoms with E-state index in [1.54, 1.807) is 12.3 Å². The first-order valence-electron chi connectivity index (χ1n) is 6.77. The molecule has 2 heterocycles. The van der Waals surface area contributed by atoms with Crippen LogP contribution in [0.5, 0.6) is 0 Å². The van der Waals surface area contributed by atoms with E-state index >= 15 is 0 Å². The van der Waals surface area contributed by atoms with Crippen molar-refractivity contribution >= 4 is 28.2 Å². The van der Waals surface area contributed by atoms with Crippen LogP contribution in [0.3, 0.4) is 0 Å². The number of hydrogen-bond acceptors (Lipinski definition) is 4. The Morgan fingerprint density at radius 2 is 2.30 bits per heavy atom. The zero-order valence-electron chi connectivity index (χ0n) is 11.1. The molecule has 5 heteroatoms. The molecule has 1 aliphatic heterocycles. The van der Waals surface area contributed by atoms with Crippen LogP contribution in [-0.2, 0) is 9.53 Å². The van der Waals surface area contributed by atoms with Gasteiger partial charge in [0.15, 0.2) is 0 Å². The van der Waals surface area contributed by atoms with Crippen LogP contribution in [0, 0.1) is 5.92 Å². The predicted octanol–water partition coefficient (Wildman–Crippen LogP) is 2.18. The van der Waals surface area contributed by atoms with Gasteiger partial charge in [0.25, 0.3) is 0 Å². The van der Waals surface area contributed by atoms with E-state index in [0.717, 1.165) is 30.5 Å². The third kappa shape index (κ3) is 2.44. The Bertz CT molecular complexity index is 636. The zero-order valence-corrected chi connectivity index (χ0v) is 11.1. The van der Waals surface area contributed by atoms with E-state index in [1.807, 2.05) is 18.2 Å². The lowest BCUT2D eigenvalue weighted by molar-refractivity contribution is -0.123. The summed E-state index contributed by atoms with van der Waals surface area (Å²) in [4.78, 5) is 16.5. The fourth-order valence-electron chi connectivity index (χ4n) is 2.49. The van der Waals surface area contributed by atoms with Crippen molar-refractivity contribution in [2.75, 3.05) is 24.3 Å². The molecule has 1 saturated heterocycles. The van der Waals surface area contributed by atoms with E-state index in [1.165, 1.54) is 0 Å². The molecule has 0 spiro atoms. The highest BCUT2D eigenvalue weighted by atomic mass is 16.5.